The van der Waals surface area contributed by atoms with Gasteiger partial charge in [0.15, 0.2) is 5.13 Å². The number of anilines is 2. The minimum Gasteiger partial charge on any atom is -0.298 e. The number of aromatic nitrogens is 1. The van der Waals surface area contributed by atoms with Gasteiger partial charge in [0.2, 0.25) is 10.0 Å². The Hall–Kier alpha value is -2.92. The molecule has 6 nitrogen and oxygen atoms in total. The number of fused-ring (bicyclic) bond motifs is 1. The zero-order chi connectivity index (χ0) is 22.4. The summed E-state index contributed by atoms with van der Waals surface area (Å²) >= 11 is 1.10. The van der Waals surface area contributed by atoms with Gasteiger partial charge in [-0.1, -0.05) is 12.1 Å². The van der Waals surface area contributed by atoms with E-state index in [1.807, 2.05) is 0 Å². The molecule has 0 atom stereocenters. The van der Waals surface area contributed by atoms with Crippen molar-refractivity contribution in [2.45, 2.75) is 12.6 Å². The van der Waals surface area contributed by atoms with Gasteiger partial charge in [0.05, 0.1) is 23.2 Å². The fraction of sp³-hybridized carbons (Fsp3) is 0.200. The number of carbonyl (C=O) groups is 1. The van der Waals surface area contributed by atoms with E-state index in [0.29, 0.717) is 35.5 Å². The Morgan fingerprint density at radius 2 is 1.97 bits per heavy atom. The van der Waals surface area contributed by atoms with E-state index in [-0.39, 0.29) is 5.13 Å². The lowest BCUT2D eigenvalue weighted by molar-refractivity contribution is -0.137. The molecule has 1 aliphatic rings. The van der Waals surface area contributed by atoms with E-state index in [9.17, 15) is 26.4 Å². The Kier molecular flexibility index (Phi) is 5.26. The van der Waals surface area contributed by atoms with E-state index in [1.54, 1.807) is 17.5 Å². The zero-order valence-corrected chi connectivity index (χ0v) is 17.7. The van der Waals surface area contributed by atoms with Crippen molar-refractivity contribution in [2.75, 3.05) is 22.4 Å². The molecule has 2 heterocycles. The van der Waals surface area contributed by atoms with Crippen molar-refractivity contribution in [2.24, 2.45) is 0 Å². The van der Waals surface area contributed by atoms with Gasteiger partial charge in [-0.15, -0.1) is 11.3 Å². The summed E-state index contributed by atoms with van der Waals surface area (Å²) in [5.74, 6) is -0.439. The van der Waals surface area contributed by atoms with E-state index in [2.05, 4.69) is 10.3 Å². The molecule has 0 saturated carbocycles. The molecular weight excluding hydrogens is 451 g/mol. The molecule has 0 aliphatic carbocycles. The van der Waals surface area contributed by atoms with Crippen LogP contribution in [0.5, 0.6) is 0 Å². The number of thiazole rings is 1. The number of benzene rings is 2. The molecule has 0 fully saturated rings. The molecule has 1 aromatic heterocycles. The van der Waals surface area contributed by atoms with E-state index >= 15 is 0 Å². The molecular formula is C20H16F3N3O3S2. The maximum Gasteiger partial charge on any atom is 0.416 e. The number of hydrogen-bond donors (Lipinski definition) is 1. The predicted octanol–water partition coefficient (Wildman–Crippen LogP) is 4.40. The number of rotatable bonds is 4. The second-order valence-corrected chi connectivity index (χ2v) is 9.76. The molecule has 4 rings (SSSR count). The second kappa shape index (κ2) is 7.65. The molecule has 1 amide bonds. The highest BCUT2D eigenvalue weighted by molar-refractivity contribution is 7.92. The van der Waals surface area contributed by atoms with Crippen LogP contribution in [0.25, 0.3) is 11.3 Å². The summed E-state index contributed by atoms with van der Waals surface area (Å²) in [5.41, 5.74) is 1.49. The number of nitrogens with one attached hydrogen (secondary N) is 1. The molecule has 11 heteroatoms. The number of halogens is 3. The normalized spacial score (nSPS) is 13.9. The van der Waals surface area contributed by atoms with Crippen LogP contribution in [-0.2, 0) is 22.6 Å². The maximum atomic E-state index is 12.9. The van der Waals surface area contributed by atoms with Gasteiger partial charge in [-0.05, 0) is 42.3 Å². The van der Waals surface area contributed by atoms with Crippen molar-refractivity contribution in [3.8, 4) is 11.3 Å². The van der Waals surface area contributed by atoms with Crippen LogP contribution in [0.2, 0.25) is 0 Å². The van der Waals surface area contributed by atoms with Crippen molar-refractivity contribution in [3.63, 3.8) is 0 Å². The minimum absolute atomic E-state index is 0.246. The third-order valence-corrected chi connectivity index (χ3v) is 6.74. The first-order valence-electron chi connectivity index (χ1n) is 9.07. The zero-order valence-electron chi connectivity index (χ0n) is 16.1. The smallest absolute Gasteiger partial charge is 0.298 e. The van der Waals surface area contributed by atoms with Crippen molar-refractivity contribution in [3.05, 3.63) is 64.5 Å². The predicted molar refractivity (Wildman–Crippen MR) is 113 cm³/mol. The van der Waals surface area contributed by atoms with Gasteiger partial charge < -0.3 is 0 Å². The molecule has 0 radical (unpaired) electrons. The van der Waals surface area contributed by atoms with Gasteiger partial charge in [-0.3, -0.25) is 14.4 Å². The Balaban J connectivity index is 1.52. The molecule has 3 aromatic rings. The number of carbonyl (C=O) groups excluding carboxylic acids is 1. The summed E-state index contributed by atoms with van der Waals surface area (Å²) in [6, 6.07) is 9.57. The topological polar surface area (TPSA) is 79.4 Å². The number of nitrogens with zero attached hydrogens (tertiary/aromatic N) is 2. The van der Waals surface area contributed by atoms with Crippen LogP contribution in [0.4, 0.5) is 24.0 Å². The highest BCUT2D eigenvalue weighted by Crippen LogP contribution is 2.34. The fourth-order valence-corrected chi connectivity index (χ4v) is 5.02. The first-order valence-corrected chi connectivity index (χ1v) is 11.8. The number of amides is 1. The Labute approximate surface area is 180 Å². The molecule has 0 unspecified atom stereocenters. The van der Waals surface area contributed by atoms with Gasteiger partial charge in [0, 0.05) is 23.1 Å². The van der Waals surface area contributed by atoms with Crippen LogP contribution in [-0.4, -0.2) is 32.1 Å². The first kappa shape index (κ1) is 21.3. The lowest BCUT2D eigenvalue weighted by atomic mass is 10.1. The Morgan fingerprint density at radius 3 is 2.68 bits per heavy atom. The number of hydrogen-bond acceptors (Lipinski definition) is 5. The summed E-state index contributed by atoms with van der Waals surface area (Å²) < 4.78 is 63.7. The minimum atomic E-state index is -4.46. The molecule has 31 heavy (non-hydrogen) atoms. The average molecular weight is 467 g/mol. The quantitative estimate of drug-likeness (QED) is 0.617. The van der Waals surface area contributed by atoms with Crippen molar-refractivity contribution in [1.29, 1.82) is 0 Å². The Bertz CT molecular complexity index is 1270. The molecule has 162 valence electrons. The van der Waals surface area contributed by atoms with Crippen LogP contribution < -0.4 is 9.62 Å². The van der Waals surface area contributed by atoms with Gasteiger partial charge in [0.1, 0.15) is 0 Å². The first-order chi connectivity index (χ1) is 14.5. The van der Waals surface area contributed by atoms with Crippen molar-refractivity contribution >= 4 is 38.1 Å². The molecule has 0 spiro atoms. The molecule has 0 bridgehead atoms. The van der Waals surface area contributed by atoms with Gasteiger partial charge >= 0.3 is 6.18 Å². The summed E-state index contributed by atoms with van der Waals surface area (Å²) in [7, 11) is -3.38. The van der Waals surface area contributed by atoms with Crippen LogP contribution in [0.3, 0.4) is 0 Å². The highest BCUT2D eigenvalue weighted by Gasteiger charge is 2.30. The molecule has 0 saturated heterocycles. The average Bonchev–Trinajstić information content (AvgIpc) is 3.33. The van der Waals surface area contributed by atoms with Gasteiger partial charge in [0.25, 0.3) is 5.91 Å². The van der Waals surface area contributed by atoms with E-state index in [1.165, 1.54) is 22.5 Å². The summed E-state index contributed by atoms with van der Waals surface area (Å²) in [6.07, 6.45) is -2.82. The molecule has 1 aliphatic heterocycles. The maximum absolute atomic E-state index is 12.9. The molecule has 1 N–H and O–H groups in total. The van der Waals surface area contributed by atoms with E-state index < -0.39 is 27.7 Å². The largest absolute Gasteiger partial charge is 0.416 e. The monoisotopic (exact) mass is 467 g/mol. The van der Waals surface area contributed by atoms with Crippen LogP contribution in [0.1, 0.15) is 21.5 Å². The number of alkyl halides is 3. The lowest BCUT2D eigenvalue weighted by Gasteiger charge is -2.16. The third-order valence-electron chi connectivity index (χ3n) is 4.81. The summed E-state index contributed by atoms with van der Waals surface area (Å²) in [6.45, 7) is 0.325. The van der Waals surface area contributed by atoms with Gasteiger partial charge in [-0.2, -0.15) is 13.2 Å². The van der Waals surface area contributed by atoms with Gasteiger partial charge in [-0.25, -0.2) is 13.4 Å². The molecule has 2 aromatic carbocycles. The van der Waals surface area contributed by atoms with Crippen molar-refractivity contribution in [1.82, 2.24) is 4.98 Å². The highest BCUT2D eigenvalue weighted by atomic mass is 32.2. The standard InChI is InChI=1S/C20H16F3N3O3S2/c1-31(28,29)26-8-7-13-9-14(5-6-17(13)26)18(27)25-19-24-16(11-30-19)12-3-2-4-15(10-12)20(21,22)23/h2-6,9-11H,7-8H2,1H3,(H,24,25,27). The van der Waals surface area contributed by atoms with E-state index in [0.717, 1.165) is 35.3 Å². The summed E-state index contributed by atoms with van der Waals surface area (Å²) in [4.78, 5) is 16.8. The SMILES string of the molecule is CS(=O)(=O)N1CCc2cc(C(=O)Nc3nc(-c4cccc(C(F)(F)F)c4)cs3)ccc21. The van der Waals surface area contributed by atoms with E-state index in [4.69, 9.17) is 0 Å². The summed E-state index contributed by atoms with van der Waals surface area (Å²) in [5, 5.41) is 4.45. The van der Waals surface area contributed by atoms with Crippen LogP contribution >= 0.6 is 11.3 Å². The van der Waals surface area contributed by atoms with Crippen molar-refractivity contribution < 1.29 is 26.4 Å². The fourth-order valence-electron chi connectivity index (χ4n) is 3.35. The van der Waals surface area contributed by atoms with Crippen LogP contribution in [0.15, 0.2) is 47.8 Å². The third kappa shape index (κ3) is 4.42. The second-order valence-electron chi connectivity index (χ2n) is 7.00. The lowest BCUT2D eigenvalue weighted by Crippen LogP contribution is -2.27. The Morgan fingerprint density at radius 1 is 1.19 bits per heavy atom. The number of sulfonamides is 1. The van der Waals surface area contributed by atoms with Crippen LogP contribution in [0, 0.1) is 0 Å².